The van der Waals surface area contributed by atoms with E-state index < -0.39 is 0 Å². The number of nitrogens with one attached hydrogen (secondary N) is 1. The van der Waals surface area contributed by atoms with Crippen molar-refractivity contribution in [2.24, 2.45) is 0 Å². The molecule has 0 unspecified atom stereocenters. The first-order valence-corrected chi connectivity index (χ1v) is 7.88. The molecule has 2 aromatic heterocycles. The van der Waals surface area contributed by atoms with Gasteiger partial charge in [-0.15, -0.1) is 22.7 Å². The van der Waals surface area contributed by atoms with Crippen molar-refractivity contribution in [1.82, 2.24) is 10.2 Å². The topological polar surface area (TPSA) is 32.3 Å². The molecule has 0 atom stereocenters. The van der Waals surface area contributed by atoms with Crippen LogP contribution in [0.15, 0.2) is 22.9 Å². The smallest absolute Gasteiger partial charge is 0.317 e. The minimum absolute atomic E-state index is 0.0272. The Balaban J connectivity index is 1.86. The number of thiophene rings is 2. The summed E-state index contributed by atoms with van der Waals surface area (Å²) in [7, 11) is 1.83. The van der Waals surface area contributed by atoms with Crippen LogP contribution in [0.5, 0.6) is 0 Å². The second-order valence-corrected chi connectivity index (χ2v) is 6.57. The molecule has 0 aliphatic carbocycles. The second kappa shape index (κ2) is 6.21. The number of hydrogen-bond acceptors (Lipinski definition) is 3. The summed E-state index contributed by atoms with van der Waals surface area (Å²) in [5.74, 6) is 0. The zero-order chi connectivity index (χ0) is 13.8. The van der Waals surface area contributed by atoms with Crippen LogP contribution in [0.25, 0.3) is 0 Å². The van der Waals surface area contributed by atoms with Crippen molar-refractivity contribution in [2.75, 3.05) is 7.05 Å². The molecule has 0 bridgehead atoms. The molecule has 2 heterocycles. The van der Waals surface area contributed by atoms with Gasteiger partial charge in [0.2, 0.25) is 0 Å². The Morgan fingerprint density at radius 3 is 2.26 bits per heavy atom. The van der Waals surface area contributed by atoms with Crippen LogP contribution >= 0.6 is 22.7 Å². The number of amides is 2. The Kier molecular flexibility index (Phi) is 4.61. The predicted octanol–water partition coefficient (Wildman–Crippen LogP) is 3.77. The monoisotopic (exact) mass is 294 g/mol. The minimum atomic E-state index is -0.0272. The molecule has 0 saturated heterocycles. The third-order valence-electron chi connectivity index (χ3n) is 3.06. The summed E-state index contributed by atoms with van der Waals surface area (Å²) in [6, 6.07) is 4.13. The van der Waals surface area contributed by atoms with Crippen LogP contribution in [0.1, 0.15) is 20.9 Å². The summed E-state index contributed by atoms with van der Waals surface area (Å²) in [6.07, 6.45) is 0. The highest BCUT2D eigenvalue weighted by molar-refractivity contribution is 7.10. The van der Waals surface area contributed by atoms with E-state index in [-0.39, 0.29) is 6.03 Å². The molecular formula is C14H18N2OS2. The zero-order valence-corrected chi connectivity index (χ0v) is 13.0. The molecular weight excluding hydrogens is 276 g/mol. The highest BCUT2D eigenvalue weighted by Gasteiger charge is 2.11. The molecule has 5 heteroatoms. The summed E-state index contributed by atoms with van der Waals surface area (Å²) >= 11 is 3.37. The zero-order valence-electron chi connectivity index (χ0n) is 11.4. The van der Waals surface area contributed by atoms with Gasteiger partial charge in [-0.1, -0.05) is 0 Å². The lowest BCUT2D eigenvalue weighted by Gasteiger charge is -2.17. The largest absolute Gasteiger partial charge is 0.333 e. The standard InChI is InChI=1S/C14H18N2OS2/c1-10-4-6-18-12(10)8-15-14(17)16(3)9-13-11(2)5-7-19-13/h4-7H,8-9H2,1-3H3,(H,15,17). The number of hydrogen-bond donors (Lipinski definition) is 1. The van der Waals surface area contributed by atoms with Gasteiger partial charge in [-0.25, -0.2) is 4.79 Å². The van der Waals surface area contributed by atoms with Gasteiger partial charge in [-0.2, -0.15) is 0 Å². The van der Waals surface area contributed by atoms with Crippen molar-refractivity contribution in [2.45, 2.75) is 26.9 Å². The number of rotatable bonds is 4. The molecule has 0 fully saturated rings. The lowest BCUT2D eigenvalue weighted by molar-refractivity contribution is 0.207. The van der Waals surface area contributed by atoms with Crippen molar-refractivity contribution < 1.29 is 4.79 Å². The molecule has 0 radical (unpaired) electrons. The van der Waals surface area contributed by atoms with E-state index in [1.807, 2.05) is 7.05 Å². The SMILES string of the molecule is Cc1ccsc1CNC(=O)N(C)Cc1sccc1C. The summed E-state index contributed by atoms with van der Waals surface area (Å²) in [6.45, 7) is 5.41. The minimum Gasteiger partial charge on any atom is -0.333 e. The molecule has 3 nitrogen and oxygen atoms in total. The van der Waals surface area contributed by atoms with Gasteiger partial charge in [0.05, 0.1) is 13.1 Å². The van der Waals surface area contributed by atoms with Crippen LogP contribution in [0.3, 0.4) is 0 Å². The Hall–Kier alpha value is -1.33. The van der Waals surface area contributed by atoms with E-state index in [0.717, 1.165) is 0 Å². The maximum Gasteiger partial charge on any atom is 0.317 e. The predicted molar refractivity (Wildman–Crippen MR) is 81.8 cm³/mol. The number of nitrogens with zero attached hydrogens (tertiary/aromatic N) is 1. The summed E-state index contributed by atoms with van der Waals surface area (Å²) in [5, 5.41) is 7.07. The Morgan fingerprint density at radius 2 is 1.74 bits per heavy atom. The van der Waals surface area contributed by atoms with Crippen LogP contribution in [0.2, 0.25) is 0 Å². The first-order chi connectivity index (χ1) is 9.08. The third-order valence-corrected chi connectivity index (χ3v) is 5.09. The molecule has 0 spiro atoms. The quantitative estimate of drug-likeness (QED) is 0.914. The van der Waals surface area contributed by atoms with E-state index in [9.17, 15) is 4.79 Å². The maximum atomic E-state index is 12.0. The molecule has 0 aromatic carbocycles. The number of carbonyl (C=O) groups is 1. The van der Waals surface area contributed by atoms with Crippen molar-refractivity contribution in [3.05, 3.63) is 43.8 Å². The number of urea groups is 1. The molecule has 19 heavy (non-hydrogen) atoms. The maximum absolute atomic E-state index is 12.0. The first-order valence-electron chi connectivity index (χ1n) is 6.13. The van der Waals surface area contributed by atoms with Gasteiger partial charge in [-0.05, 0) is 47.9 Å². The fourth-order valence-corrected chi connectivity index (χ4v) is 3.53. The van der Waals surface area contributed by atoms with Crippen LogP contribution < -0.4 is 5.32 Å². The molecule has 0 aliphatic rings. The average molecular weight is 294 g/mol. The molecule has 2 aromatic rings. The van der Waals surface area contributed by atoms with E-state index in [2.05, 4.69) is 42.1 Å². The normalized spacial score (nSPS) is 10.5. The highest BCUT2D eigenvalue weighted by atomic mass is 32.1. The van der Waals surface area contributed by atoms with E-state index in [0.29, 0.717) is 13.1 Å². The second-order valence-electron chi connectivity index (χ2n) is 4.57. The number of carbonyl (C=O) groups excluding carboxylic acids is 1. The molecule has 2 amide bonds. The van der Waals surface area contributed by atoms with Gasteiger partial charge in [0.15, 0.2) is 0 Å². The van der Waals surface area contributed by atoms with E-state index >= 15 is 0 Å². The van der Waals surface area contributed by atoms with E-state index in [1.165, 1.54) is 20.9 Å². The lowest BCUT2D eigenvalue weighted by atomic mass is 10.3. The molecule has 102 valence electrons. The summed E-state index contributed by atoms with van der Waals surface area (Å²) in [4.78, 5) is 16.2. The number of aryl methyl sites for hydroxylation is 2. The van der Waals surface area contributed by atoms with Crippen LogP contribution in [-0.2, 0) is 13.1 Å². The Bertz CT molecular complexity index is 559. The fraction of sp³-hybridized carbons (Fsp3) is 0.357. The summed E-state index contributed by atoms with van der Waals surface area (Å²) < 4.78 is 0. The molecule has 0 aliphatic heterocycles. The third kappa shape index (κ3) is 3.58. The Labute approximate surface area is 121 Å². The molecule has 0 saturated carbocycles. The summed E-state index contributed by atoms with van der Waals surface area (Å²) in [5.41, 5.74) is 2.49. The first kappa shape index (κ1) is 14.1. The van der Waals surface area contributed by atoms with E-state index in [4.69, 9.17) is 0 Å². The molecule has 1 N–H and O–H groups in total. The van der Waals surface area contributed by atoms with Gasteiger partial charge >= 0.3 is 6.03 Å². The lowest BCUT2D eigenvalue weighted by Crippen LogP contribution is -2.36. The van der Waals surface area contributed by atoms with Gasteiger partial charge in [-0.3, -0.25) is 0 Å². The van der Waals surface area contributed by atoms with Crippen molar-refractivity contribution in [3.63, 3.8) is 0 Å². The fourth-order valence-electron chi connectivity index (χ4n) is 1.73. The highest BCUT2D eigenvalue weighted by Crippen LogP contribution is 2.18. The van der Waals surface area contributed by atoms with Crippen LogP contribution in [0, 0.1) is 13.8 Å². The Morgan fingerprint density at radius 1 is 1.16 bits per heavy atom. The molecule has 2 rings (SSSR count). The van der Waals surface area contributed by atoms with Crippen molar-refractivity contribution in [3.8, 4) is 0 Å². The van der Waals surface area contributed by atoms with Crippen LogP contribution in [0.4, 0.5) is 4.79 Å². The van der Waals surface area contributed by atoms with Gasteiger partial charge in [0, 0.05) is 16.8 Å². The van der Waals surface area contributed by atoms with Gasteiger partial charge in [0.1, 0.15) is 0 Å². The van der Waals surface area contributed by atoms with Gasteiger partial charge in [0.25, 0.3) is 0 Å². The van der Waals surface area contributed by atoms with Crippen LogP contribution in [-0.4, -0.2) is 18.0 Å². The van der Waals surface area contributed by atoms with Crippen molar-refractivity contribution >= 4 is 28.7 Å². The van der Waals surface area contributed by atoms with Crippen molar-refractivity contribution in [1.29, 1.82) is 0 Å². The average Bonchev–Trinajstić information content (AvgIpc) is 2.96. The van der Waals surface area contributed by atoms with E-state index in [1.54, 1.807) is 27.6 Å². The van der Waals surface area contributed by atoms with Gasteiger partial charge < -0.3 is 10.2 Å².